The van der Waals surface area contributed by atoms with Crippen molar-refractivity contribution in [1.29, 1.82) is 0 Å². The van der Waals surface area contributed by atoms with Gasteiger partial charge >= 0.3 is 5.97 Å². The lowest BCUT2D eigenvalue weighted by molar-refractivity contribution is 0.0526. The Morgan fingerprint density at radius 1 is 1.17 bits per heavy atom. The highest BCUT2D eigenvalue weighted by atomic mass is 16.5. The Morgan fingerprint density at radius 2 is 1.83 bits per heavy atom. The van der Waals surface area contributed by atoms with Crippen molar-refractivity contribution in [3.8, 4) is 0 Å². The molecule has 2 aromatic carbocycles. The third kappa shape index (κ3) is 4.32. The second-order valence-electron chi connectivity index (χ2n) is 9.28. The van der Waals surface area contributed by atoms with Gasteiger partial charge in [-0.1, -0.05) is 58.0 Å². The van der Waals surface area contributed by atoms with Crippen LogP contribution in [0.1, 0.15) is 92.1 Å². The first kappa shape index (κ1) is 21.4. The predicted molar refractivity (Wildman–Crippen MR) is 122 cm³/mol. The normalized spacial score (nSPS) is 20.9. The van der Waals surface area contributed by atoms with Crippen molar-refractivity contribution in [1.82, 2.24) is 0 Å². The Labute approximate surface area is 176 Å². The Hall–Kier alpha value is -2.35. The van der Waals surface area contributed by atoms with Gasteiger partial charge in [0.2, 0.25) is 0 Å². The van der Waals surface area contributed by atoms with Crippen LogP contribution in [0.15, 0.2) is 36.4 Å². The molecular formula is C27H34O2. The number of hydrogen-bond donors (Lipinski definition) is 0. The van der Waals surface area contributed by atoms with Gasteiger partial charge in [0.05, 0.1) is 12.2 Å². The Kier molecular flexibility index (Phi) is 6.03. The molecule has 0 aromatic heterocycles. The van der Waals surface area contributed by atoms with E-state index < -0.39 is 0 Å². The number of allylic oxidation sites excluding steroid dienone is 1. The molecule has 0 heterocycles. The molecule has 2 unspecified atom stereocenters. The predicted octanol–water partition coefficient (Wildman–Crippen LogP) is 7.15. The standard InChI is InChI=1S/C27H34O2/c1-8-29-26(28)22-11-9-21(10-12-22)13-17(2)23-15-24-20(5)19(4)16-27(6,7)25(24)14-18(23)3/h9-15,19-20H,8,16H2,1-7H3/b17-13+. The number of carbonyl (C=O) groups is 1. The molecule has 0 N–H and O–H groups in total. The molecule has 1 aliphatic carbocycles. The van der Waals surface area contributed by atoms with E-state index in [0.29, 0.717) is 24.0 Å². The number of rotatable bonds is 4. The van der Waals surface area contributed by atoms with Crippen LogP contribution >= 0.6 is 0 Å². The summed E-state index contributed by atoms with van der Waals surface area (Å²) in [6, 6.07) is 12.5. The van der Waals surface area contributed by atoms with Crippen LogP contribution in [-0.2, 0) is 10.2 Å². The fourth-order valence-corrected chi connectivity index (χ4v) is 4.77. The van der Waals surface area contributed by atoms with E-state index in [1.54, 1.807) is 0 Å². The molecule has 0 saturated carbocycles. The summed E-state index contributed by atoms with van der Waals surface area (Å²) < 4.78 is 5.07. The van der Waals surface area contributed by atoms with E-state index in [2.05, 4.69) is 59.8 Å². The first-order valence-electron chi connectivity index (χ1n) is 10.7. The number of hydrogen-bond acceptors (Lipinski definition) is 2. The van der Waals surface area contributed by atoms with Crippen molar-refractivity contribution in [2.75, 3.05) is 6.61 Å². The van der Waals surface area contributed by atoms with Gasteiger partial charge < -0.3 is 4.74 Å². The fourth-order valence-electron chi connectivity index (χ4n) is 4.77. The summed E-state index contributed by atoms with van der Waals surface area (Å²) in [4.78, 5) is 11.9. The third-order valence-electron chi connectivity index (χ3n) is 6.53. The van der Waals surface area contributed by atoms with Gasteiger partial charge in [0.15, 0.2) is 0 Å². The lowest BCUT2D eigenvalue weighted by Crippen LogP contribution is -2.31. The van der Waals surface area contributed by atoms with E-state index in [1.807, 2.05) is 31.2 Å². The molecule has 154 valence electrons. The van der Waals surface area contributed by atoms with E-state index in [-0.39, 0.29) is 11.4 Å². The van der Waals surface area contributed by atoms with Gasteiger partial charge in [0.1, 0.15) is 0 Å². The number of ether oxygens (including phenoxy) is 1. The number of carbonyl (C=O) groups excluding carboxylic acids is 1. The number of fused-ring (bicyclic) bond motifs is 1. The van der Waals surface area contributed by atoms with Crippen LogP contribution in [-0.4, -0.2) is 12.6 Å². The quantitative estimate of drug-likeness (QED) is 0.409. The van der Waals surface area contributed by atoms with Gasteiger partial charge in [-0.05, 0) is 90.0 Å². The van der Waals surface area contributed by atoms with Crippen molar-refractivity contribution in [2.45, 2.75) is 66.2 Å². The van der Waals surface area contributed by atoms with Crippen LogP contribution in [0, 0.1) is 12.8 Å². The molecule has 2 atom stereocenters. The molecular weight excluding hydrogens is 356 g/mol. The van der Waals surface area contributed by atoms with Crippen molar-refractivity contribution in [3.63, 3.8) is 0 Å². The maximum absolute atomic E-state index is 11.9. The first-order valence-corrected chi connectivity index (χ1v) is 10.7. The lowest BCUT2D eigenvalue weighted by atomic mass is 9.64. The van der Waals surface area contributed by atoms with E-state index >= 15 is 0 Å². The third-order valence-corrected chi connectivity index (χ3v) is 6.53. The highest BCUT2D eigenvalue weighted by Gasteiger charge is 2.35. The zero-order valence-corrected chi connectivity index (χ0v) is 18.9. The molecule has 2 aromatic rings. The molecule has 1 aliphatic rings. The van der Waals surface area contributed by atoms with Crippen LogP contribution in [0.5, 0.6) is 0 Å². The lowest BCUT2D eigenvalue weighted by Gasteiger charge is -2.41. The Balaban J connectivity index is 1.95. The van der Waals surface area contributed by atoms with Crippen molar-refractivity contribution in [2.24, 2.45) is 5.92 Å². The summed E-state index contributed by atoms with van der Waals surface area (Å²) in [5, 5.41) is 0. The van der Waals surface area contributed by atoms with E-state index in [4.69, 9.17) is 4.74 Å². The minimum atomic E-state index is -0.268. The van der Waals surface area contributed by atoms with Crippen molar-refractivity contribution < 1.29 is 9.53 Å². The minimum Gasteiger partial charge on any atom is -0.462 e. The molecule has 3 rings (SSSR count). The maximum Gasteiger partial charge on any atom is 0.338 e. The van der Waals surface area contributed by atoms with Gasteiger partial charge in [0, 0.05) is 0 Å². The highest BCUT2D eigenvalue weighted by Crippen LogP contribution is 2.47. The van der Waals surface area contributed by atoms with Crippen molar-refractivity contribution in [3.05, 3.63) is 69.8 Å². The largest absolute Gasteiger partial charge is 0.462 e. The summed E-state index contributed by atoms with van der Waals surface area (Å²) in [5.74, 6) is 0.998. The van der Waals surface area contributed by atoms with Crippen molar-refractivity contribution >= 4 is 17.6 Å². The van der Waals surface area contributed by atoms with Gasteiger partial charge in [0.25, 0.3) is 0 Å². The second kappa shape index (κ2) is 8.18. The summed E-state index contributed by atoms with van der Waals surface area (Å²) >= 11 is 0. The van der Waals surface area contributed by atoms with E-state index in [1.165, 1.54) is 34.2 Å². The maximum atomic E-state index is 11.9. The van der Waals surface area contributed by atoms with Crippen LogP contribution in [0.2, 0.25) is 0 Å². The smallest absolute Gasteiger partial charge is 0.338 e. The number of benzene rings is 2. The molecule has 2 heteroatoms. The molecule has 0 fully saturated rings. The molecule has 29 heavy (non-hydrogen) atoms. The average Bonchev–Trinajstić information content (AvgIpc) is 2.66. The summed E-state index contributed by atoms with van der Waals surface area (Å²) in [7, 11) is 0. The van der Waals surface area contributed by atoms with Gasteiger partial charge in [-0.25, -0.2) is 4.79 Å². The number of aryl methyl sites for hydroxylation is 1. The van der Waals surface area contributed by atoms with Crippen LogP contribution in [0.4, 0.5) is 0 Å². The fraction of sp³-hybridized carbons (Fsp3) is 0.444. The first-order chi connectivity index (χ1) is 13.6. The Morgan fingerprint density at radius 3 is 2.45 bits per heavy atom. The van der Waals surface area contributed by atoms with Crippen LogP contribution in [0.3, 0.4) is 0 Å². The molecule has 0 saturated heterocycles. The topological polar surface area (TPSA) is 26.3 Å². The minimum absolute atomic E-state index is 0.227. The zero-order valence-electron chi connectivity index (χ0n) is 18.9. The van der Waals surface area contributed by atoms with E-state index in [9.17, 15) is 4.79 Å². The van der Waals surface area contributed by atoms with Crippen LogP contribution < -0.4 is 0 Å². The van der Waals surface area contributed by atoms with Gasteiger partial charge in [-0.15, -0.1) is 0 Å². The van der Waals surface area contributed by atoms with Crippen LogP contribution in [0.25, 0.3) is 11.6 Å². The zero-order chi connectivity index (χ0) is 21.3. The molecule has 2 nitrogen and oxygen atoms in total. The molecule has 0 radical (unpaired) electrons. The molecule has 0 bridgehead atoms. The summed E-state index contributed by atoms with van der Waals surface area (Å²) in [5.41, 5.74) is 8.81. The average molecular weight is 391 g/mol. The highest BCUT2D eigenvalue weighted by molar-refractivity contribution is 5.90. The SMILES string of the molecule is CCOC(=O)c1ccc(/C=C(\C)c2cc3c(cc2C)C(C)(C)CC(C)C3C)cc1. The monoisotopic (exact) mass is 390 g/mol. The molecule has 0 spiro atoms. The van der Waals surface area contributed by atoms with Gasteiger partial charge in [-0.2, -0.15) is 0 Å². The summed E-state index contributed by atoms with van der Waals surface area (Å²) in [6.45, 7) is 16.1. The van der Waals surface area contributed by atoms with E-state index in [0.717, 1.165) is 5.56 Å². The molecule has 0 amide bonds. The second-order valence-corrected chi connectivity index (χ2v) is 9.28. The number of esters is 1. The Bertz CT molecular complexity index is 932. The van der Waals surface area contributed by atoms with Gasteiger partial charge in [-0.3, -0.25) is 0 Å². The summed E-state index contributed by atoms with van der Waals surface area (Å²) in [6.07, 6.45) is 3.44. The molecule has 0 aliphatic heterocycles.